The van der Waals surface area contributed by atoms with Gasteiger partial charge in [0.25, 0.3) is 0 Å². The van der Waals surface area contributed by atoms with E-state index in [1.165, 1.54) is 18.4 Å². The first-order valence-electron chi connectivity index (χ1n) is 8.48. The van der Waals surface area contributed by atoms with Crippen molar-refractivity contribution in [2.75, 3.05) is 19.6 Å². The highest BCUT2D eigenvalue weighted by Crippen LogP contribution is 2.29. The molecule has 116 valence electrons. The smallest absolute Gasteiger partial charge is 0.0708 e. The predicted molar refractivity (Wildman–Crippen MR) is 86.1 cm³/mol. The number of unbranched alkanes of at least 4 members (excludes halogenated alkanes) is 1. The molecule has 1 aromatic carbocycles. The van der Waals surface area contributed by atoms with Crippen LogP contribution in [0.5, 0.6) is 0 Å². The molecule has 3 saturated heterocycles. The number of hydrogen-bond donors (Lipinski definition) is 1. The largest absolute Gasteiger partial charge is 0.391 e. The molecule has 2 bridgehead atoms. The number of benzene rings is 1. The highest BCUT2D eigenvalue weighted by molar-refractivity contribution is 5.15. The van der Waals surface area contributed by atoms with Crippen LogP contribution in [0, 0.1) is 0 Å². The fraction of sp³-hybridized carbons (Fsp3) is 0.667. The van der Waals surface area contributed by atoms with Gasteiger partial charge in [-0.3, -0.25) is 9.80 Å². The molecule has 3 heterocycles. The molecule has 0 spiro atoms. The summed E-state index contributed by atoms with van der Waals surface area (Å²) in [6, 6.07) is 11.7. The van der Waals surface area contributed by atoms with E-state index in [0.717, 1.165) is 39.0 Å². The average molecular weight is 288 g/mol. The molecule has 4 rings (SSSR count). The number of rotatable bonds is 5. The minimum absolute atomic E-state index is 0.146. The van der Waals surface area contributed by atoms with Crippen molar-refractivity contribution in [3.05, 3.63) is 35.9 Å². The third kappa shape index (κ3) is 3.47. The van der Waals surface area contributed by atoms with Crippen molar-refractivity contribution in [2.24, 2.45) is 0 Å². The maximum Gasteiger partial charge on any atom is 0.0708 e. The van der Waals surface area contributed by atoms with Crippen molar-refractivity contribution in [1.82, 2.24) is 9.80 Å². The van der Waals surface area contributed by atoms with Crippen molar-refractivity contribution in [2.45, 2.75) is 57.3 Å². The van der Waals surface area contributed by atoms with Crippen LogP contribution in [0.4, 0.5) is 0 Å². The molecule has 1 aromatic rings. The lowest BCUT2D eigenvalue weighted by molar-refractivity contribution is -0.00748. The maximum atomic E-state index is 10.5. The standard InChI is InChI=1S/C18H28N2O/c1-2-3-11-19-13-16-9-10-18(21)17(19)14-20(16)12-15-7-5-4-6-8-15/h4-8,16-18,21H,2-3,9-14H2,1H3/t16-,17+,18+/m0/s1. The first-order valence-corrected chi connectivity index (χ1v) is 8.48. The Balaban J connectivity index is 1.69. The van der Waals surface area contributed by atoms with Gasteiger partial charge in [-0.15, -0.1) is 0 Å². The van der Waals surface area contributed by atoms with E-state index in [9.17, 15) is 5.11 Å². The van der Waals surface area contributed by atoms with E-state index in [1.807, 2.05) is 0 Å². The van der Waals surface area contributed by atoms with E-state index in [2.05, 4.69) is 47.1 Å². The normalized spacial score (nSPS) is 30.5. The molecule has 3 nitrogen and oxygen atoms in total. The van der Waals surface area contributed by atoms with Crippen molar-refractivity contribution < 1.29 is 5.11 Å². The second kappa shape index (κ2) is 6.91. The summed E-state index contributed by atoms with van der Waals surface area (Å²) in [5.41, 5.74) is 1.39. The van der Waals surface area contributed by atoms with Crippen LogP contribution < -0.4 is 0 Å². The monoisotopic (exact) mass is 288 g/mol. The fourth-order valence-electron chi connectivity index (χ4n) is 3.85. The van der Waals surface area contributed by atoms with Crippen LogP contribution in [0.25, 0.3) is 0 Å². The van der Waals surface area contributed by atoms with E-state index in [0.29, 0.717) is 12.1 Å². The summed E-state index contributed by atoms with van der Waals surface area (Å²) in [5.74, 6) is 0. The van der Waals surface area contributed by atoms with Gasteiger partial charge in [-0.1, -0.05) is 43.7 Å². The van der Waals surface area contributed by atoms with Gasteiger partial charge in [0, 0.05) is 31.7 Å². The SMILES string of the molecule is CCCCN1C[C@@H]2CC[C@@H](O)[C@H]1CN2Cc1ccccc1. The Hall–Kier alpha value is -0.900. The number of piperazine rings is 1. The molecule has 3 heteroatoms. The van der Waals surface area contributed by atoms with Gasteiger partial charge in [0.2, 0.25) is 0 Å². The van der Waals surface area contributed by atoms with E-state index in [1.54, 1.807) is 0 Å². The third-order valence-electron chi connectivity index (χ3n) is 5.12. The van der Waals surface area contributed by atoms with Crippen LogP contribution >= 0.6 is 0 Å². The number of nitrogens with zero attached hydrogens (tertiary/aromatic N) is 2. The second-order valence-corrected chi connectivity index (χ2v) is 6.63. The molecule has 3 aliphatic rings. The topological polar surface area (TPSA) is 26.7 Å². The third-order valence-corrected chi connectivity index (χ3v) is 5.12. The summed E-state index contributed by atoms with van der Waals surface area (Å²) in [6.07, 6.45) is 4.43. The lowest BCUT2D eigenvalue weighted by Crippen LogP contribution is -2.58. The molecule has 21 heavy (non-hydrogen) atoms. The Labute approximate surface area is 128 Å². The number of aliphatic hydroxyl groups excluding tert-OH is 1. The summed E-state index contributed by atoms with van der Waals surface area (Å²) in [7, 11) is 0. The summed E-state index contributed by atoms with van der Waals surface area (Å²) in [5, 5.41) is 10.5. The molecule has 1 N–H and O–H groups in total. The summed E-state index contributed by atoms with van der Waals surface area (Å²) in [4.78, 5) is 5.14. The number of aliphatic hydroxyl groups is 1. The lowest BCUT2D eigenvalue weighted by atomic mass is 10.1. The quantitative estimate of drug-likeness (QED) is 0.902. The van der Waals surface area contributed by atoms with Gasteiger partial charge >= 0.3 is 0 Å². The van der Waals surface area contributed by atoms with Crippen molar-refractivity contribution in [3.63, 3.8) is 0 Å². The fourth-order valence-corrected chi connectivity index (χ4v) is 3.85. The molecule has 0 aliphatic carbocycles. The molecule has 0 amide bonds. The minimum atomic E-state index is -0.146. The molecular weight excluding hydrogens is 260 g/mol. The Morgan fingerprint density at radius 1 is 1.10 bits per heavy atom. The van der Waals surface area contributed by atoms with Crippen molar-refractivity contribution >= 4 is 0 Å². The van der Waals surface area contributed by atoms with E-state index < -0.39 is 0 Å². The first kappa shape index (κ1) is 15.0. The Kier molecular flexibility index (Phi) is 4.94. The summed E-state index contributed by atoms with van der Waals surface area (Å²) >= 11 is 0. The van der Waals surface area contributed by atoms with Gasteiger partial charge in [0.1, 0.15) is 0 Å². The summed E-state index contributed by atoms with van der Waals surface area (Å²) < 4.78 is 0. The van der Waals surface area contributed by atoms with Gasteiger partial charge in [-0.05, 0) is 31.4 Å². The van der Waals surface area contributed by atoms with Crippen molar-refractivity contribution in [3.8, 4) is 0 Å². The summed E-state index contributed by atoms with van der Waals surface area (Å²) in [6.45, 7) is 6.57. The Morgan fingerprint density at radius 3 is 2.67 bits per heavy atom. The predicted octanol–water partition coefficient (Wildman–Crippen LogP) is 2.50. The molecule has 0 radical (unpaired) electrons. The van der Waals surface area contributed by atoms with E-state index in [4.69, 9.17) is 0 Å². The van der Waals surface area contributed by atoms with Gasteiger partial charge in [0.15, 0.2) is 0 Å². The highest BCUT2D eigenvalue weighted by atomic mass is 16.3. The van der Waals surface area contributed by atoms with Gasteiger partial charge in [-0.2, -0.15) is 0 Å². The lowest BCUT2D eigenvalue weighted by Gasteiger charge is -2.44. The first-order chi connectivity index (χ1) is 10.3. The zero-order valence-corrected chi connectivity index (χ0v) is 13.1. The molecule has 3 fully saturated rings. The van der Waals surface area contributed by atoms with Crippen LogP contribution in [0.1, 0.15) is 38.2 Å². The van der Waals surface area contributed by atoms with Gasteiger partial charge in [-0.25, -0.2) is 0 Å². The Bertz CT molecular complexity index is 436. The maximum absolute atomic E-state index is 10.5. The zero-order chi connectivity index (χ0) is 14.7. The number of hydrogen-bond acceptors (Lipinski definition) is 3. The molecule has 3 aliphatic heterocycles. The second-order valence-electron chi connectivity index (χ2n) is 6.63. The number of fused-ring (bicyclic) bond motifs is 4. The molecule has 3 atom stereocenters. The van der Waals surface area contributed by atoms with E-state index in [-0.39, 0.29) is 6.10 Å². The van der Waals surface area contributed by atoms with Crippen LogP contribution in [0.2, 0.25) is 0 Å². The average Bonchev–Trinajstić information content (AvgIpc) is 2.75. The van der Waals surface area contributed by atoms with Gasteiger partial charge in [0.05, 0.1) is 6.10 Å². The van der Waals surface area contributed by atoms with E-state index >= 15 is 0 Å². The molecule has 0 saturated carbocycles. The van der Waals surface area contributed by atoms with Crippen molar-refractivity contribution in [1.29, 1.82) is 0 Å². The molecular formula is C18H28N2O. The van der Waals surface area contributed by atoms with Crippen LogP contribution in [-0.2, 0) is 6.54 Å². The molecule has 0 unspecified atom stereocenters. The van der Waals surface area contributed by atoms with Crippen LogP contribution in [0.3, 0.4) is 0 Å². The zero-order valence-electron chi connectivity index (χ0n) is 13.1. The minimum Gasteiger partial charge on any atom is -0.391 e. The Morgan fingerprint density at radius 2 is 1.90 bits per heavy atom. The molecule has 0 aromatic heterocycles. The highest BCUT2D eigenvalue weighted by Gasteiger charge is 2.40. The van der Waals surface area contributed by atoms with Crippen LogP contribution in [-0.4, -0.2) is 52.7 Å². The van der Waals surface area contributed by atoms with Gasteiger partial charge < -0.3 is 5.11 Å². The van der Waals surface area contributed by atoms with Crippen LogP contribution in [0.15, 0.2) is 30.3 Å².